The normalized spacial score (nSPS) is 16.3. The molecule has 0 atom stereocenters. The van der Waals surface area contributed by atoms with Crippen molar-refractivity contribution in [2.24, 2.45) is 5.73 Å². The molecule has 1 fully saturated rings. The molecule has 0 bridgehead atoms. The highest BCUT2D eigenvalue weighted by Crippen LogP contribution is 2.48. The van der Waals surface area contributed by atoms with Crippen LogP contribution in [0.2, 0.25) is 0 Å². The molecule has 0 saturated heterocycles. The van der Waals surface area contributed by atoms with Gasteiger partial charge in [0.25, 0.3) is 0 Å². The third kappa shape index (κ3) is 1.78. The number of pyridine rings is 2. The number of rotatable bonds is 3. The second-order valence-electron chi connectivity index (χ2n) is 4.77. The molecule has 5 nitrogen and oxygen atoms in total. The van der Waals surface area contributed by atoms with Crippen molar-refractivity contribution in [1.29, 1.82) is 0 Å². The van der Waals surface area contributed by atoms with E-state index in [4.69, 9.17) is 5.73 Å². The molecule has 0 aliphatic heterocycles. The molecule has 2 aromatic heterocycles. The van der Waals surface area contributed by atoms with Crippen molar-refractivity contribution in [3.63, 3.8) is 0 Å². The summed E-state index contributed by atoms with van der Waals surface area (Å²) in [5.74, 6) is 0.472. The first-order chi connectivity index (χ1) is 9.08. The minimum Gasteiger partial charge on any atom is -0.373 e. The number of hydrogen-bond acceptors (Lipinski definition) is 4. The first-order valence-corrected chi connectivity index (χ1v) is 6.80. The smallest absolute Gasteiger partial charge is 0.229 e. The minimum absolute atomic E-state index is 0.293. The second kappa shape index (κ2) is 4.16. The van der Waals surface area contributed by atoms with Crippen LogP contribution in [-0.4, -0.2) is 22.9 Å². The molecule has 6 heteroatoms. The Morgan fingerprint density at radius 1 is 1.37 bits per heavy atom. The molecule has 0 spiro atoms. The molecule has 0 radical (unpaired) electrons. The number of nitrogens with zero attached hydrogens (tertiary/aromatic N) is 2. The predicted octanol–water partition coefficient (Wildman–Crippen LogP) is 1.95. The van der Waals surface area contributed by atoms with Crippen molar-refractivity contribution in [1.82, 2.24) is 9.97 Å². The van der Waals surface area contributed by atoms with E-state index in [1.54, 1.807) is 12.4 Å². The van der Waals surface area contributed by atoms with Gasteiger partial charge in [0.2, 0.25) is 5.91 Å². The van der Waals surface area contributed by atoms with Crippen LogP contribution in [0.1, 0.15) is 18.5 Å². The molecule has 98 valence electrons. The van der Waals surface area contributed by atoms with Crippen LogP contribution < -0.4 is 11.1 Å². The van der Waals surface area contributed by atoms with E-state index in [9.17, 15) is 4.79 Å². The molecule has 1 aliphatic carbocycles. The number of amides is 1. The third-order valence-corrected chi connectivity index (χ3v) is 4.30. The van der Waals surface area contributed by atoms with E-state index in [1.165, 1.54) is 0 Å². The van der Waals surface area contributed by atoms with E-state index in [0.29, 0.717) is 0 Å². The van der Waals surface area contributed by atoms with E-state index in [2.05, 4.69) is 31.2 Å². The largest absolute Gasteiger partial charge is 0.373 e. The van der Waals surface area contributed by atoms with Crippen LogP contribution in [0.5, 0.6) is 0 Å². The summed E-state index contributed by atoms with van der Waals surface area (Å²) in [6.45, 7) is 0. The van der Waals surface area contributed by atoms with E-state index in [1.807, 2.05) is 13.1 Å². The van der Waals surface area contributed by atoms with Gasteiger partial charge in [-0.25, -0.2) is 4.98 Å². The molecule has 3 N–H and O–H groups in total. The number of nitrogens with one attached hydrogen (secondary N) is 1. The van der Waals surface area contributed by atoms with E-state index < -0.39 is 5.41 Å². The lowest BCUT2D eigenvalue weighted by Crippen LogP contribution is -2.29. The summed E-state index contributed by atoms with van der Waals surface area (Å²) in [7, 11) is 1.81. The summed E-state index contributed by atoms with van der Waals surface area (Å²) in [5.41, 5.74) is 5.68. The monoisotopic (exact) mass is 320 g/mol. The van der Waals surface area contributed by atoms with Gasteiger partial charge in [0, 0.05) is 34.7 Å². The van der Waals surface area contributed by atoms with Crippen LogP contribution in [0.15, 0.2) is 22.9 Å². The van der Waals surface area contributed by atoms with Gasteiger partial charge in [0.05, 0.1) is 11.1 Å². The number of halogens is 1. The van der Waals surface area contributed by atoms with Crippen LogP contribution in [0.3, 0.4) is 0 Å². The van der Waals surface area contributed by atoms with Crippen molar-refractivity contribution < 1.29 is 4.79 Å². The Labute approximate surface area is 118 Å². The summed E-state index contributed by atoms with van der Waals surface area (Å²) in [6, 6.07) is 1.93. The van der Waals surface area contributed by atoms with Gasteiger partial charge in [-0.3, -0.25) is 9.78 Å². The second-order valence-corrected chi connectivity index (χ2v) is 5.62. The summed E-state index contributed by atoms with van der Waals surface area (Å²) in [5, 5.41) is 4.93. The lowest BCUT2D eigenvalue weighted by molar-refractivity contribution is -0.120. The highest BCUT2D eigenvalue weighted by Gasteiger charge is 2.51. The van der Waals surface area contributed by atoms with E-state index in [0.717, 1.165) is 39.6 Å². The molecule has 0 aromatic carbocycles. The molecular weight excluding hydrogens is 308 g/mol. The van der Waals surface area contributed by atoms with Gasteiger partial charge in [0.1, 0.15) is 5.82 Å². The van der Waals surface area contributed by atoms with E-state index in [-0.39, 0.29) is 5.91 Å². The van der Waals surface area contributed by atoms with Crippen molar-refractivity contribution in [3.05, 3.63) is 28.6 Å². The number of fused-ring (bicyclic) bond motifs is 1. The highest BCUT2D eigenvalue weighted by molar-refractivity contribution is 9.10. The third-order valence-electron chi connectivity index (χ3n) is 3.67. The first kappa shape index (κ1) is 12.3. The van der Waals surface area contributed by atoms with Crippen molar-refractivity contribution in [2.45, 2.75) is 18.3 Å². The van der Waals surface area contributed by atoms with E-state index >= 15 is 0 Å². The van der Waals surface area contributed by atoms with Gasteiger partial charge in [-0.05, 0) is 34.8 Å². The molecule has 2 aromatic rings. The van der Waals surface area contributed by atoms with Gasteiger partial charge in [-0.15, -0.1) is 0 Å². The fraction of sp³-hybridized carbons (Fsp3) is 0.308. The van der Waals surface area contributed by atoms with Crippen LogP contribution in [0.4, 0.5) is 5.82 Å². The maximum atomic E-state index is 11.6. The number of nitrogens with two attached hydrogens (primary N) is 1. The SMILES string of the molecule is CNc1ncc(Br)c2cc(C3(C(N)=O)CC3)ncc12. The van der Waals surface area contributed by atoms with Gasteiger partial charge in [-0.1, -0.05) is 0 Å². The zero-order chi connectivity index (χ0) is 13.6. The number of anilines is 1. The Morgan fingerprint density at radius 2 is 2.11 bits per heavy atom. The molecule has 1 amide bonds. The average molecular weight is 321 g/mol. The topological polar surface area (TPSA) is 80.9 Å². The summed E-state index contributed by atoms with van der Waals surface area (Å²) in [4.78, 5) is 20.3. The number of hydrogen-bond donors (Lipinski definition) is 2. The summed E-state index contributed by atoms with van der Waals surface area (Å²) >= 11 is 3.48. The van der Waals surface area contributed by atoms with Gasteiger partial charge < -0.3 is 11.1 Å². The fourth-order valence-electron chi connectivity index (χ4n) is 2.32. The Balaban J connectivity index is 2.22. The quantitative estimate of drug-likeness (QED) is 0.905. The average Bonchev–Trinajstić information content (AvgIpc) is 3.20. The Kier molecular flexibility index (Phi) is 2.70. The lowest BCUT2D eigenvalue weighted by atomic mass is 9.99. The zero-order valence-electron chi connectivity index (χ0n) is 10.4. The van der Waals surface area contributed by atoms with Crippen LogP contribution >= 0.6 is 15.9 Å². The maximum absolute atomic E-state index is 11.6. The maximum Gasteiger partial charge on any atom is 0.229 e. The van der Waals surface area contributed by atoms with Crippen molar-refractivity contribution in [2.75, 3.05) is 12.4 Å². The number of carbonyl (C=O) groups excluding carboxylic acids is 1. The van der Waals surface area contributed by atoms with Gasteiger partial charge in [-0.2, -0.15) is 0 Å². The van der Waals surface area contributed by atoms with Gasteiger partial charge >= 0.3 is 0 Å². The molecule has 0 unspecified atom stereocenters. The van der Waals surface area contributed by atoms with Crippen molar-refractivity contribution >= 4 is 38.4 Å². The Hall–Kier alpha value is -1.69. The fourth-order valence-corrected chi connectivity index (χ4v) is 2.75. The first-order valence-electron chi connectivity index (χ1n) is 6.01. The zero-order valence-corrected chi connectivity index (χ0v) is 12.0. The molecule has 1 saturated carbocycles. The number of primary amides is 1. The standard InChI is InChI=1S/C13H13BrN4O/c1-16-11-8-5-17-10(13(2-3-13)12(15)19)4-7(8)9(14)6-18-11/h4-6H,2-3H2,1H3,(H2,15,19)(H,16,18). The lowest BCUT2D eigenvalue weighted by Gasteiger charge is -2.13. The Bertz CT molecular complexity index is 682. The molecule has 19 heavy (non-hydrogen) atoms. The minimum atomic E-state index is -0.559. The van der Waals surface area contributed by atoms with Crippen LogP contribution in [0.25, 0.3) is 10.8 Å². The summed E-state index contributed by atoms with van der Waals surface area (Å²) < 4.78 is 0.880. The molecule has 3 rings (SSSR count). The number of aromatic nitrogens is 2. The Morgan fingerprint density at radius 3 is 2.68 bits per heavy atom. The molecule has 1 aliphatic rings. The van der Waals surface area contributed by atoms with Gasteiger partial charge in [0.15, 0.2) is 0 Å². The summed E-state index contributed by atoms with van der Waals surface area (Å²) in [6.07, 6.45) is 5.05. The molecular formula is C13H13BrN4O. The van der Waals surface area contributed by atoms with Crippen molar-refractivity contribution in [3.8, 4) is 0 Å². The van der Waals surface area contributed by atoms with Crippen LogP contribution in [0, 0.1) is 0 Å². The molecule has 2 heterocycles. The highest BCUT2D eigenvalue weighted by atomic mass is 79.9. The van der Waals surface area contributed by atoms with Crippen LogP contribution in [-0.2, 0) is 10.2 Å². The predicted molar refractivity (Wildman–Crippen MR) is 76.9 cm³/mol. The number of carbonyl (C=O) groups is 1.